The second-order valence-electron chi connectivity index (χ2n) is 6.34. The molecule has 0 aliphatic heterocycles. The third kappa shape index (κ3) is 4.87. The van der Waals surface area contributed by atoms with Crippen LogP contribution in [0.3, 0.4) is 0 Å². The van der Waals surface area contributed by atoms with Crippen LogP contribution in [0.5, 0.6) is 11.6 Å². The van der Waals surface area contributed by atoms with Gasteiger partial charge in [-0.3, -0.25) is 4.79 Å². The maximum absolute atomic E-state index is 13.1. The van der Waals surface area contributed by atoms with E-state index in [4.69, 9.17) is 4.74 Å². The fourth-order valence-electron chi connectivity index (χ4n) is 2.73. The molecular formula is C23H15BrFN3O2. The summed E-state index contributed by atoms with van der Waals surface area (Å²) in [7, 11) is 0. The Balaban J connectivity index is 1.50. The number of ether oxygens (including phenoxy) is 1. The average Bonchev–Trinajstić information content (AvgIpc) is 2.76. The summed E-state index contributed by atoms with van der Waals surface area (Å²) in [5.41, 5.74) is 2.48. The third-order valence-electron chi connectivity index (χ3n) is 4.20. The predicted octanol–water partition coefficient (Wildman–Crippen LogP) is 6.09. The minimum absolute atomic E-state index is 0.252. The zero-order valence-corrected chi connectivity index (χ0v) is 17.1. The summed E-state index contributed by atoms with van der Waals surface area (Å²) in [6.07, 6.45) is 1.37. The number of nitrogens with zero attached hydrogens (tertiary/aromatic N) is 2. The number of aromatic nitrogens is 2. The first-order valence-electron chi connectivity index (χ1n) is 9.00. The number of hydrogen-bond donors (Lipinski definition) is 1. The average molecular weight is 464 g/mol. The standard InChI is InChI=1S/C23H15BrFN3O2/c24-17-6-10-19(11-7-17)28-23(29)16-2-1-3-20(12-16)30-22-13-21(26-14-27-22)15-4-8-18(25)9-5-15/h1-14H,(H,28,29). The van der Waals surface area contributed by atoms with E-state index in [1.54, 1.807) is 54.6 Å². The highest BCUT2D eigenvalue weighted by atomic mass is 79.9. The van der Waals surface area contributed by atoms with Crippen molar-refractivity contribution in [3.05, 3.63) is 101 Å². The van der Waals surface area contributed by atoms with Crippen molar-refractivity contribution in [1.82, 2.24) is 9.97 Å². The van der Waals surface area contributed by atoms with Gasteiger partial charge in [0.2, 0.25) is 5.88 Å². The minimum Gasteiger partial charge on any atom is -0.439 e. The molecule has 1 N–H and O–H groups in total. The first-order valence-corrected chi connectivity index (χ1v) is 9.79. The van der Waals surface area contributed by atoms with Crippen molar-refractivity contribution in [2.45, 2.75) is 0 Å². The Kier molecular flexibility index (Phi) is 5.81. The molecule has 0 unspecified atom stereocenters. The van der Waals surface area contributed by atoms with Gasteiger partial charge in [-0.25, -0.2) is 14.4 Å². The molecule has 0 bridgehead atoms. The van der Waals surface area contributed by atoms with E-state index >= 15 is 0 Å². The van der Waals surface area contributed by atoms with Gasteiger partial charge in [0, 0.05) is 27.4 Å². The van der Waals surface area contributed by atoms with Crippen LogP contribution in [-0.2, 0) is 0 Å². The van der Waals surface area contributed by atoms with E-state index < -0.39 is 0 Å². The molecular weight excluding hydrogens is 449 g/mol. The fraction of sp³-hybridized carbons (Fsp3) is 0. The molecule has 0 spiro atoms. The quantitative estimate of drug-likeness (QED) is 0.388. The van der Waals surface area contributed by atoms with Crippen molar-refractivity contribution in [3.8, 4) is 22.9 Å². The van der Waals surface area contributed by atoms with Crippen LogP contribution < -0.4 is 10.1 Å². The molecule has 3 aromatic carbocycles. The summed E-state index contributed by atoms with van der Waals surface area (Å²) in [5, 5.41) is 2.84. The molecule has 30 heavy (non-hydrogen) atoms. The van der Waals surface area contributed by atoms with Gasteiger partial charge in [-0.2, -0.15) is 0 Å². The Labute approximate surface area is 180 Å². The lowest BCUT2D eigenvalue weighted by Gasteiger charge is -2.09. The molecule has 0 saturated heterocycles. The molecule has 0 saturated carbocycles. The molecule has 0 radical (unpaired) electrons. The van der Waals surface area contributed by atoms with Crippen LogP contribution in [0.15, 0.2) is 89.7 Å². The van der Waals surface area contributed by atoms with E-state index in [9.17, 15) is 9.18 Å². The van der Waals surface area contributed by atoms with Crippen molar-refractivity contribution in [3.63, 3.8) is 0 Å². The van der Waals surface area contributed by atoms with Gasteiger partial charge < -0.3 is 10.1 Å². The second-order valence-corrected chi connectivity index (χ2v) is 7.25. The maximum Gasteiger partial charge on any atom is 0.255 e. The first-order chi connectivity index (χ1) is 14.6. The summed E-state index contributed by atoms with van der Waals surface area (Å²) in [6, 6.07) is 21.8. The van der Waals surface area contributed by atoms with Gasteiger partial charge in [0.05, 0.1) is 5.69 Å². The SMILES string of the molecule is O=C(Nc1ccc(Br)cc1)c1cccc(Oc2cc(-c3ccc(F)cc3)ncn2)c1. The molecule has 5 nitrogen and oxygen atoms in total. The smallest absolute Gasteiger partial charge is 0.255 e. The van der Waals surface area contributed by atoms with Gasteiger partial charge in [0.25, 0.3) is 5.91 Å². The minimum atomic E-state index is -0.317. The van der Waals surface area contributed by atoms with E-state index in [0.29, 0.717) is 28.6 Å². The molecule has 1 aromatic heterocycles. The van der Waals surface area contributed by atoms with E-state index in [0.717, 1.165) is 10.0 Å². The highest BCUT2D eigenvalue weighted by Gasteiger charge is 2.09. The number of benzene rings is 3. The molecule has 0 aliphatic carbocycles. The lowest BCUT2D eigenvalue weighted by molar-refractivity contribution is 0.102. The number of halogens is 2. The Morgan fingerprint density at radius 1 is 0.933 bits per heavy atom. The molecule has 0 atom stereocenters. The monoisotopic (exact) mass is 463 g/mol. The summed E-state index contributed by atoms with van der Waals surface area (Å²) < 4.78 is 19.9. The van der Waals surface area contributed by atoms with Crippen LogP contribution in [0.4, 0.5) is 10.1 Å². The third-order valence-corrected chi connectivity index (χ3v) is 4.73. The highest BCUT2D eigenvalue weighted by molar-refractivity contribution is 9.10. The zero-order valence-electron chi connectivity index (χ0n) is 15.5. The van der Waals surface area contributed by atoms with Gasteiger partial charge >= 0.3 is 0 Å². The lowest BCUT2D eigenvalue weighted by atomic mass is 10.1. The number of carbonyl (C=O) groups is 1. The van der Waals surface area contributed by atoms with Crippen LogP contribution in [0.2, 0.25) is 0 Å². The molecule has 148 valence electrons. The van der Waals surface area contributed by atoms with Crippen LogP contribution in [0, 0.1) is 5.82 Å². The summed E-state index contributed by atoms with van der Waals surface area (Å²) in [5.74, 6) is 0.206. The van der Waals surface area contributed by atoms with Gasteiger partial charge in [0.1, 0.15) is 17.9 Å². The first kappa shape index (κ1) is 19.7. The van der Waals surface area contributed by atoms with Crippen molar-refractivity contribution < 1.29 is 13.9 Å². The maximum atomic E-state index is 13.1. The van der Waals surface area contributed by atoms with Crippen LogP contribution in [0.1, 0.15) is 10.4 Å². The van der Waals surface area contributed by atoms with Gasteiger partial charge in [-0.15, -0.1) is 0 Å². The molecule has 0 aliphatic rings. The normalized spacial score (nSPS) is 10.5. The molecule has 4 aromatic rings. The summed E-state index contributed by atoms with van der Waals surface area (Å²) in [4.78, 5) is 20.9. The number of rotatable bonds is 5. The number of nitrogens with one attached hydrogen (secondary N) is 1. The van der Waals surface area contributed by atoms with Crippen LogP contribution in [0.25, 0.3) is 11.3 Å². The lowest BCUT2D eigenvalue weighted by Crippen LogP contribution is -2.11. The predicted molar refractivity (Wildman–Crippen MR) is 116 cm³/mol. The van der Waals surface area contributed by atoms with Crippen molar-refractivity contribution >= 4 is 27.5 Å². The van der Waals surface area contributed by atoms with Gasteiger partial charge in [-0.1, -0.05) is 22.0 Å². The summed E-state index contributed by atoms with van der Waals surface area (Å²) in [6.45, 7) is 0. The van der Waals surface area contributed by atoms with E-state index in [1.165, 1.54) is 18.5 Å². The van der Waals surface area contributed by atoms with E-state index in [-0.39, 0.29) is 11.7 Å². The van der Waals surface area contributed by atoms with Gasteiger partial charge in [-0.05, 0) is 66.7 Å². The van der Waals surface area contributed by atoms with Crippen molar-refractivity contribution in [2.75, 3.05) is 5.32 Å². The number of anilines is 1. The number of hydrogen-bond acceptors (Lipinski definition) is 4. The molecule has 1 amide bonds. The topological polar surface area (TPSA) is 64.1 Å². The van der Waals surface area contributed by atoms with E-state index in [1.807, 2.05) is 12.1 Å². The Hall–Kier alpha value is -3.58. The van der Waals surface area contributed by atoms with Crippen LogP contribution >= 0.6 is 15.9 Å². The molecule has 7 heteroatoms. The Morgan fingerprint density at radius 3 is 2.47 bits per heavy atom. The fourth-order valence-corrected chi connectivity index (χ4v) is 3.00. The zero-order chi connectivity index (χ0) is 20.9. The largest absolute Gasteiger partial charge is 0.439 e. The van der Waals surface area contributed by atoms with Crippen molar-refractivity contribution in [2.24, 2.45) is 0 Å². The molecule has 1 heterocycles. The summed E-state index contributed by atoms with van der Waals surface area (Å²) >= 11 is 3.36. The Morgan fingerprint density at radius 2 is 1.70 bits per heavy atom. The Bertz CT molecular complexity index is 1180. The highest BCUT2D eigenvalue weighted by Crippen LogP contribution is 2.25. The van der Waals surface area contributed by atoms with Crippen LogP contribution in [-0.4, -0.2) is 15.9 Å². The molecule has 0 fully saturated rings. The number of carbonyl (C=O) groups excluding carboxylic acids is 1. The second kappa shape index (κ2) is 8.84. The van der Waals surface area contributed by atoms with E-state index in [2.05, 4.69) is 31.2 Å². The van der Waals surface area contributed by atoms with Crippen molar-refractivity contribution in [1.29, 1.82) is 0 Å². The number of amides is 1. The van der Waals surface area contributed by atoms with Gasteiger partial charge in [0.15, 0.2) is 0 Å². The molecule has 4 rings (SSSR count).